The summed E-state index contributed by atoms with van der Waals surface area (Å²) in [6.45, 7) is 1.78. The van der Waals surface area contributed by atoms with Crippen LogP contribution in [-0.4, -0.2) is 44.3 Å². The van der Waals surface area contributed by atoms with Crippen LogP contribution in [0.1, 0.15) is 44.3 Å². The first-order valence-corrected chi connectivity index (χ1v) is 9.41. The first-order chi connectivity index (χ1) is 14.4. The largest absolute Gasteiger partial charge is 0.496 e. The molecule has 8 heteroatoms. The van der Waals surface area contributed by atoms with Crippen LogP contribution in [0.2, 0.25) is 0 Å². The summed E-state index contributed by atoms with van der Waals surface area (Å²) in [4.78, 5) is 51.4. The molecule has 8 nitrogen and oxygen atoms in total. The number of hydrogen-bond acceptors (Lipinski definition) is 7. The van der Waals surface area contributed by atoms with Crippen LogP contribution in [0.3, 0.4) is 0 Å². The van der Waals surface area contributed by atoms with Gasteiger partial charge >= 0.3 is 5.97 Å². The van der Waals surface area contributed by atoms with E-state index < -0.39 is 23.6 Å². The van der Waals surface area contributed by atoms with Gasteiger partial charge in [0.15, 0.2) is 17.3 Å². The van der Waals surface area contributed by atoms with E-state index in [9.17, 15) is 19.2 Å². The molecule has 2 aliphatic rings. The molecule has 0 radical (unpaired) electrons. The Kier molecular flexibility index (Phi) is 4.77. The van der Waals surface area contributed by atoms with Crippen molar-refractivity contribution in [3.05, 3.63) is 52.1 Å². The summed E-state index contributed by atoms with van der Waals surface area (Å²) in [5.74, 6) is -2.92. The lowest BCUT2D eigenvalue weighted by atomic mass is 9.79. The summed E-state index contributed by atoms with van der Waals surface area (Å²) in [5.41, 5.74) is 1.24. The Balaban J connectivity index is 1.99. The number of nitrogens with one attached hydrogen (secondary N) is 1. The van der Waals surface area contributed by atoms with E-state index in [1.54, 1.807) is 31.2 Å². The monoisotopic (exact) mass is 409 g/mol. The molecule has 2 aromatic rings. The van der Waals surface area contributed by atoms with Crippen molar-refractivity contribution < 1.29 is 33.4 Å². The Morgan fingerprint density at radius 2 is 1.57 bits per heavy atom. The van der Waals surface area contributed by atoms with Crippen LogP contribution >= 0.6 is 0 Å². The van der Waals surface area contributed by atoms with Crippen LogP contribution in [-0.2, 0) is 20.7 Å². The van der Waals surface area contributed by atoms with E-state index in [2.05, 4.69) is 5.32 Å². The van der Waals surface area contributed by atoms with Crippen LogP contribution in [0.4, 0.5) is 5.69 Å². The Morgan fingerprint density at radius 1 is 1.00 bits per heavy atom. The van der Waals surface area contributed by atoms with E-state index >= 15 is 0 Å². The van der Waals surface area contributed by atoms with Crippen molar-refractivity contribution in [1.29, 1.82) is 0 Å². The van der Waals surface area contributed by atoms with Crippen LogP contribution in [0.15, 0.2) is 24.3 Å². The fourth-order valence-corrected chi connectivity index (χ4v) is 4.03. The number of anilines is 1. The molecule has 1 atom stereocenters. The number of esters is 1. The molecule has 4 rings (SSSR count). The second kappa shape index (κ2) is 7.29. The lowest BCUT2D eigenvalue weighted by Gasteiger charge is -2.30. The summed E-state index contributed by atoms with van der Waals surface area (Å²) < 4.78 is 16.0. The number of amides is 1. The third kappa shape index (κ3) is 2.67. The SMILES string of the molecule is CCOC(=O)C1Cc2c(c(OC)c3c(c2OC)C(=O)c2ccccc2C3=O)NC1=O. The fraction of sp³-hybridized carbons (Fsp3) is 0.273. The van der Waals surface area contributed by atoms with Gasteiger partial charge in [-0.1, -0.05) is 24.3 Å². The third-order valence-corrected chi connectivity index (χ3v) is 5.33. The smallest absolute Gasteiger partial charge is 0.318 e. The van der Waals surface area contributed by atoms with Gasteiger partial charge in [0.05, 0.1) is 37.6 Å². The summed E-state index contributed by atoms with van der Waals surface area (Å²) in [5, 5.41) is 2.64. The van der Waals surface area contributed by atoms with Crippen molar-refractivity contribution in [2.24, 2.45) is 5.92 Å². The molecule has 1 unspecified atom stereocenters. The number of carbonyl (C=O) groups excluding carboxylic acids is 4. The first-order valence-electron chi connectivity index (χ1n) is 9.41. The number of hydrogen-bond donors (Lipinski definition) is 1. The zero-order valence-electron chi connectivity index (χ0n) is 16.7. The second-order valence-corrected chi connectivity index (χ2v) is 6.87. The van der Waals surface area contributed by atoms with E-state index in [1.807, 2.05) is 0 Å². The number of ether oxygens (including phenoxy) is 3. The average Bonchev–Trinajstić information content (AvgIpc) is 2.75. The van der Waals surface area contributed by atoms with Gasteiger partial charge in [0.2, 0.25) is 5.91 Å². The van der Waals surface area contributed by atoms with Crippen molar-refractivity contribution in [2.45, 2.75) is 13.3 Å². The van der Waals surface area contributed by atoms with Gasteiger partial charge in [-0.2, -0.15) is 0 Å². The van der Waals surface area contributed by atoms with Gasteiger partial charge in [-0.05, 0) is 6.92 Å². The molecule has 0 saturated heterocycles. The van der Waals surface area contributed by atoms with Gasteiger partial charge in [-0.15, -0.1) is 0 Å². The molecule has 154 valence electrons. The van der Waals surface area contributed by atoms with Gasteiger partial charge in [0.25, 0.3) is 0 Å². The summed E-state index contributed by atoms with van der Waals surface area (Å²) in [6.07, 6.45) is -0.0457. The van der Waals surface area contributed by atoms with Gasteiger partial charge in [-0.3, -0.25) is 19.2 Å². The van der Waals surface area contributed by atoms with E-state index in [1.165, 1.54) is 14.2 Å². The average molecular weight is 409 g/mol. The Labute approximate surface area is 172 Å². The molecule has 0 bridgehead atoms. The number of rotatable bonds is 4. The summed E-state index contributed by atoms with van der Waals surface area (Å²) >= 11 is 0. The predicted molar refractivity (Wildman–Crippen MR) is 105 cm³/mol. The first kappa shape index (κ1) is 19.6. The molecule has 0 saturated carbocycles. The molecule has 1 heterocycles. The topological polar surface area (TPSA) is 108 Å². The molecular weight excluding hydrogens is 390 g/mol. The highest BCUT2D eigenvalue weighted by atomic mass is 16.5. The van der Waals surface area contributed by atoms with E-state index in [-0.39, 0.29) is 58.3 Å². The molecule has 1 aliphatic heterocycles. The Bertz CT molecular complexity index is 1120. The molecule has 2 aromatic carbocycles. The number of fused-ring (bicyclic) bond motifs is 3. The minimum absolute atomic E-state index is 0.0340. The number of ketones is 2. The minimum Gasteiger partial charge on any atom is -0.496 e. The predicted octanol–water partition coefficient (Wildman–Crippen LogP) is 2.15. The number of methoxy groups -OCH3 is 2. The minimum atomic E-state index is -1.10. The normalized spacial score (nSPS) is 16.8. The summed E-state index contributed by atoms with van der Waals surface area (Å²) in [6, 6.07) is 6.49. The van der Waals surface area contributed by atoms with Crippen molar-refractivity contribution in [1.82, 2.24) is 0 Å². The lowest BCUT2D eigenvalue weighted by molar-refractivity contribution is -0.151. The van der Waals surface area contributed by atoms with Gasteiger partial charge < -0.3 is 19.5 Å². The highest BCUT2D eigenvalue weighted by Crippen LogP contribution is 2.49. The lowest BCUT2D eigenvalue weighted by Crippen LogP contribution is -2.38. The van der Waals surface area contributed by atoms with Crippen LogP contribution in [0.25, 0.3) is 0 Å². The fourth-order valence-electron chi connectivity index (χ4n) is 4.03. The van der Waals surface area contributed by atoms with E-state index in [0.717, 1.165) is 0 Å². The van der Waals surface area contributed by atoms with Crippen molar-refractivity contribution >= 4 is 29.1 Å². The molecule has 0 aromatic heterocycles. The standard InChI is InChI=1S/C22H19NO7/c1-4-30-22(27)13-9-12-16(23-21(13)26)20(29-3)15-14(19(12)28-2)17(24)10-7-5-6-8-11(10)18(15)25/h5-8,13H,4,9H2,1-3H3,(H,23,26). The molecule has 1 N–H and O–H groups in total. The molecule has 30 heavy (non-hydrogen) atoms. The number of benzene rings is 2. The molecule has 1 amide bonds. The molecular formula is C22H19NO7. The summed E-state index contributed by atoms with van der Waals surface area (Å²) in [7, 11) is 2.72. The number of carbonyl (C=O) groups is 4. The van der Waals surface area contributed by atoms with Crippen LogP contribution in [0.5, 0.6) is 11.5 Å². The molecule has 0 fully saturated rings. The van der Waals surface area contributed by atoms with Crippen molar-refractivity contribution in [2.75, 3.05) is 26.1 Å². The maximum absolute atomic E-state index is 13.3. The zero-order valence-corrected chi connectivity index (χ0v) is 16.7. The highest BCUT2D eigenvalue weighted by molar-refractivity contribution is 6.31. The van der Waals surface area contributed by atoms with E-state index in [4.69, 9.17) is 14.2 Å². The quantitative estimate of drug-likeness (QED) is 0.520. The maximum atomic E-state index is 13.3. The Hall–Kier alpha value is -3.68. The Morgan fingerprint density at radius 3 is 2.10 bits per heavy atom. The van der Waals surface area contributed by atoms with Gasteiger partial charge in [-0.25, -0.2) is 0 Å². The van der Waals surface area contributed by atoms with Crippen LogP contribution in [0, 0.1) is 5.92 Å². The second-order valence-electron chi connectivity index (χ2n) is 6.87. The van der Waals surface area contributed by atoms with Crippen LogP contribution < -0.4 is 14.8 Å². The highest BCUT2D eigenvalue weighted by Gasteiger charge is 2.43. The van der Waals surface area contributed by atoms with Crippen molar-refractivity contribution in [3.63, 3.8) is 0 Å². The third-order valence-electron chi connectivity index (χ3n) is 5.33. The van der Waals surface area contributed by atoms with Gasteiger partial charge in [0, 0.05) is 23.1 Å². The zero-order chi connectivity index (χ0) is 21.6. The van der Waals surface area contributed by atoms with E-state index in [0.29, 0.717) is 5.56 Å². The molecule has 1 aliphatic carbocycles. The van der Waals surface area contributed by atoms with Crippen molar-refractivity contribution in [3.8, 4) is 11.5 Å². The molecule has 0 spiro atoms. The van der Waals surface area contributed by atoms with Gasteiger partial charge in [0.1, 0.15) is 11.7 Å². The maximum Gasteiger partial charge on any atom is 0.318 e.